The summed E-state index contributed by atoms with van der Waals surface area (Å²) in [5.41, 5.74) is 16.5. The maximum absolute atomic E-state index is 14.4. The third-order valence-electron chi connectivity index (χ3n) is 15.3. The molecule has 32 heteroatoms. The summed E-state index contributed by atoms with van der Waals surface area (Å²) in [4.78, 5) is 147. The van der Waals surface area contributed by atoms with E-state index in [9.17, 15) is 53.1 Å². The maximum Gasteiger partial charge on any atom is 0.404 e. The number of ether oxygens (including phenoxy) is 2. The number of amides is 4. The van der Waals surface area contributed by atoms with E-state index in [2.05, 4.69) is 57.2 Å². The van der Waals surface area contributed by atoms with Crippen molar-refractivity contribution in [2.75, 3.05) is 62.6 Å². The van der Waals surface area contributed by atoms with Gasteiger partial charge in [0.2, 0.25) is 23.7 Å². The van der Waals surface area contributed by atoms with Crippen LogP contribution in [0.1, 0.15) is 82.3 Å². The molecule has 0 saturated carbocycles. The fourth-order valence-corrected chi connectivity index (χ4v) is 13.2. The largest absolute Gasteiger partial charge is 0.481 e. The van der Waals surface area contributed by atoms with E-state index in [0.717, 1.165) is 0 Å². The molecule has 462 valence electrons. The SMILES string of the molecule is CO[C@]12C(C)NCN1C1C(=O)C(C)=C(NCCSSC[C@H](CC(C)[C@H](CCCNC(=N)N)NC(=O)CC[C@H](CC(=O)c3ccc(NCc4cnc5nc(N)[nH]c(=O)c5n4)cc3)C(=O)O)C(=O)N[C@@H](C)C(=O)NCC(=O)O)C(=O)C1[C@H]2COC(N)=O. The highest BCUT2D eigenvalue weighted by atomic mass is 33.1. The second kappa shape index (κ2) is 30.2. The number of carbonyl (C=O) groups excluding carboxylic acids is 7. The number of methoxy groups -OCH3 is 1. The van der Waals surface area contributed by atoms with E-state index in [1.165, 1.54) is 54.0 Å². The van der Waals surface area contributed by atoms with Gasteiger partial charge in [0, 0.05) is 85.3 Å². The number of Topliss-reactive ketones (excluding diaryl/α,β-unsaturated/α-hetero) is 3. The van der Waals surface area contributed by atoms with Crippen LogP contribution in [0.15, 0.2) is 46.5 Å². The molecule has 2 aromatic heterocycles. The van der Waals surface area contributed by atoms with Crippen molar-refractivity contribution in [3.8, 4) is 0 Å². The lowest BCUT2D eigenvalue weighted by molar-refractivity contribution is -0.147. The Labute approximate surface area is 496 Å². The van der Waals surface area contributed by atoms with E-state index < -0.39 is 114 Å². The Morgan fingerprint density at radius 2 is 1.67 bits per heavy atom. The van der Waals surface area contributed by atoms with Crippen LogP contribution in [0.2, 0.25) is 0 Å². The minimum absolute atomic E-state index is 0.0122. The monoisotopic (exact) mass is 1220 g/mol. The highest BCUT2D eigenvalue weighted by Crippen LogP contribution is 2.51. The lowest BCUT2D eigenvalue weighted by Crippen LogP contribution is -2.55. The molecule has 4 heterocycles. The number of primary amides is 1. The summed E-state index contributed by atoms with van der Waals surface area (Å²) in [6.07, 6.45) is 0.426. The van der Waals surface area contributed by atoms with Crippen molar-refractivity contribution in [2.45, 2.75) is 103 Å². The van der Waals surface area contributed by atoms with Crippen LogP contribution in [0.3, 0.4) is 0 Å². The molecule has 30 nitrogen and oxygen atoms in total. The molecule has 0 bridgehead atoms. The summed E-state index contributed by atoms with van der Waals surface area (Å²) >= 11 is 0. The molecule has 4 amide bonds. The minimum Gasteiger partial charge on any atom is -0.481 e. The number of rotatable bonds is 33. The number of aromatic nitrogens is 4. The van der Waals surface area contributed by atoms with E-state index in [4.69, 9.17) is 37.2 Å². The first-order chi connectivity index (χ1) is 40.4. The summed E-state index contributed by atoms with van der Waals surface area (Å²) in [5.74, 6) is -9.38. The van der Waals surface area contributed by atoms with Crippen molar-refractivity contribution in [1.82, 2.24) is 56.7 Å². The van der Waals surface area contributed by atoms with Gasteiger partial charge in [-0.1, -0.05) is 28.5 Å². The van der Waals surface area contributed by atoms with Crippen LogP contribution in [0.4, 0.5) is 16.4 Å². The first-order valence-electron chi connectivity index (χ1n) is 27.4. The second-order valence-electron chi connectivity index (χ2n) is 21.0. The topological polar surface area (TPSA) is 473 Å². The van der Waals surface area contributed by atoms with Gasteiger partial charge in [0.15, 0.2) is 34.5 Å². The first kappa shape index (κ1) is 66.2. The number of guanidine groups is 1. The molecule has 1 aliphatic carbocycles. The Bertz CT molecular complexity index is 3100. The Hall–Kier alpha value is -7.94. The quantitative estimate of drug-likeness (QED) is 0.0123. The predicted octanol–water partition coefficient (Wildman–Crippen LogP) is -0.242. The van der Waals surface area contributed by atoms with Crippen molar-refractivity contribution >= 4 is 103 Å². The van der Waals surface area contributed by atoms with E-state index in [1.54, 1.807) is 19.1 Å². The fraction of sp³-hybridized carbons (Fsp3) is 0.547. The van der Waals surface area contributed by atoms with Crippen molar-refractivity contribution in [1.29, 1.82) is 5.41 Å². The Morgan fingerprint density at radius 3 is 2.34 bits per heavy atom. The van der Waals surface area contributed by atoms with Gasteiger partial charge < -0.3 is 68.8 Å². The molecule has 6 rings (SSSR count). The van der Waals surface area contributed by atoms with Crippen molar-refractivity contribution < 1.29 is 62.8 Å². The number of benzene rings is 1. The van der Waals surface area contributed by atoms with Crippen LogP contribution in [-0.4, -0.2) is 176 Å². The number of carboxylic acid groups (broad SMARTS) is 2. The number of aromatic amines is 1. The lowest BCUT2D eigenvalue weighted by Gasteiger charge is -2.38. The van der Waals surface area contributed by atoms with Gasteiger partial charge in [-0.15, -0.1) is 0 Å². The van der Waals surface area contributed by atoms with Gasteiger partial charge in [-0.25, -0.2) is 19.7 Å². The maximum atomic E-state index is 14.4. The number of fused-ring (bicyclic) bond motifs is 4. The number of aliphatic carboxylic acids is 2. The molecule has 10 atom stereocenters. The highest BCUT2D eigenvalue weighted by Gasteiger charge is 2.69. The van der Waals surface area contributed by atoms with Crippen LogP contribution in [-0.2, 0) is 49.6 Å². The number of anilines is 2. The minimum atomic E-state index is -1.28. The molecule has 2 saturated heterocycles. The van der Waals surface area contributed by atoms with Crippen molar-refractivity contribution in [3.63, 3.8) is 0 Å². The Kier molecular flexibility index (Phi) is 23.5. The van der Waals surface area contributed by atoms with E-state index >= 15 is 0 Å². The molecule has 3 aromatic rings. The Balaban J connectivity index is 1.07. The lowest BCUT2D eigenvalue weighted by atomic mass is 9.74. The van der Waals surface area contributed by atoms with Gasteiger partial charge in [0.05, 0.1) is 48.7 Å². The van der Waals surface area contributed by atoms with Gasteiger partial charge in [-0.05, 0) is 76.6 Å². The van der Waals surface area contributed by atoms with E-state index in [0.29, 0.717) is 30.0 Å². The second-order valence-corrected chi connectivity index (χ2v) is 23.6. The molecule has 2 fully saturated rings. The summed E-state index contributed by atoms with van der Waals surface area (Å²) in [7, 11) is 4.15. The number of nitrogen functional groups attached to an aromatic ring is 1. The molecular weight excluding hydrogens is 1150 g/mol. The summed E-state index contributed by atoms with van der Waals surface area (Å²) < 4.78 is 11.3. The normalized spacial score (nSPS) is 20.9. The number of carboxylic acids is 2. The number of hydrogen-bond donors (Lipinski definition) is 14. The molecule has 85 heavy (non-hydrogen) atoms. The molecule has 2 aliphatic heterocycles. The number of allylic oxidation sites excluding steroid dienone is 1. The van der Waals surface area contributed by atoms with E-state index in [-0.39, 0.29) is 115 Å². The van der Waals surface area contributed by atoms with Crippen LogP contribution >= 0.6 is 21.6 Å². The number of H-pyrrole nitrogens is 1. The number of nitrogens with zero attached hydrogens (tertiary/aromatic N) is 4. The molecule has 0 radical (unpaired) electrons. The van der Waals surface area contributed by atoms with Gasteiger partial charge in [0.25, 0.3) is 5.56 Å². The molecule has 3 aliphatic rings. The zero-order valence-corrected chi connectivity index (χ0v) is 49.2. The molecular formula is C53H74N16O14S2. The zero-order valence-electron chi connectivity index (χ0n) is 47.6. The van der Waals surface area contributed by atoms with Crippen LogP contribution in [0.5, 0.6) is 0 Å². The summed E-state index contributed by atoms with van der Waals surface area (Å²) in [6.45, 7) is 6.61. The van der Waals surface area contributed by atoms with Crippen LogP contribution in [0.25, 0.3) is 11.2 Å². The molecule has 1 aromatic carbocycles. The highest BCUT2D eigenvalue weighted by molar-refractivity contribution is 8.76. The average Bonchev–Trinajstić information content (AvgIpc) is 1.68. The van der Waals surface area contributed by atoms with Gasteiger partial charge in [-0.3, -0.25) is 58.9 Å². The van der Waals surface area contributed by atoms with Gasteiger partial charge in [-0.2, -0.15) is 4.98 Å². The molecule has 0 spiro atoms. The van der Waals surface area contributed by atoms with Crippen LogP contribution < -0.4 is 60.0 Å². The average molecular weight is 1220 g/mol. The fourth-order valence-electron chi connectivity index (χ4n) is 11.0. The zero-order chi connectivity index (χ0) is 62.3. The predicted molar refractivity (Wildman–Crippen MR) is 313 cm³/mol. The summed E-state index contributed by atoms with van der Waals surface area (Å²) in [6, 6.07) is 3.33. The third kappa shape index (κ3) is 16.9. The third-order valence-corrected chi connectivity index (χ3v) is 17.8. The summed E-state index contributed by atoms with van der Waals surface area (Å²) in [5, 5.41) is 47.1. The number of nitrogens with one attached hydrogen (secondary N) is 9. The van der Waals surface area contributed by atoms with Crippen molar-refractivity contribution in [3.05, 3.63) is 63.3 Å². The Morgan fingerprint density at radius 1 is 0.941 bits per heavy atom. The standard InChI is InChI=1S/C53H74N16O14S2/c1-25(35(7-6-14-59-50(54)55)66-37(71)13-10-30(49(79)80)18-36(70)29-8-11-32(12-9-29)60-19-33-20-61-45-41(65-33)48(78)68-51(56)67-45)17-31(47(77)64-27(3)46(76)62-21-38(72)73)23-85-84-16-15-58-40-26(2)43(74)42-39(44(40)75)34(22-83-52(57)81)53(82-5)28(4)63-24-69(42)53/h8-9,11-12,20,25,27-28,30-31,34-35,39,42,58,60,63H,6-7,10,13-19,21-24H2,1-5H3,(H2,57,81)(H,62,76)(H,64,77)(H,66,71)(H,72,73)(H,79,80)(H4,54,55,59)(H3,56,61,67,68,78)/t25?,27-,28?,30+,31-,34+,35-,39?,42?,53-/m0/s1. The number of carbonyl (C=O) groups is 9. The van der Waals surface area contributed by atoms with E-state index in [1.807, 2.05) is 18.7 Å². The van der Waals surface area contributed by atoms with Crippen molar-refractivity contribution in [2.24, 2.45) is 41.1 Å². The van der Waals surface area contributed by atoms with Gasteiger partial charge in [0.1, 0.15) is 24.9 Å². The molecule has 4 unspecified atom stereocenters. The van der Waals surface area contributed by atoms with Gasteiger partial charge >= 0.3 is 18.0 Å². The smallest absolute Gasteiger partial charge is 0.404 e. The first-order valence-corrected chi connectivity index (χ1v) is 29.9. The van der Waals surface area contributed by atoms with Crippen LogP contribution in [0, 0.1) is 35.0 Å². The number of nitrogens with two attached hydrogens (primary N) is 3. The molecule has 17 N–H and O–H groups in total. The number of ketones is 3. The number of hydrogen-bond acceptors (Lipinski definition) is 23.